The molecule has 0 saturated carbocycles. The molecule has 0 aliphatic carbocycles. The van der Waals surface area contributed by atoms with Crippen molar-refractivity contribution in [2.75, 3.05) is 19.6 Å². The minimum Gasteiger partial charge on any atom is -0.481 e. The monoisotopic (exact) mass is 228 g/mol. The average Bonchev–Trinajstić information content (AvgIpc) is 2.15. The van der Waals surface area contributed by atoms with Gasteiger partial charge in [0.05, 0.1) is 6.54 Å². The summed E-state index contributed by atoms with van der Waals surface area (Å²) in [7, 11) is 0. The Hall–Kier alpha value is -1.10. The number of rotatable bonds is 5. The Morgan fingerprint density at radius 1 is 1.62 bits per heavy atom. The zero-order chi connectivity index (χ0) is 12.1. The summed E-state index contributed by atoms with van der Waals surface area (Å²) >= 11 is 0. The molecule has 92 valence electrons. The smallest absolute Gasteiger partial charge is 0.303 e. The first-order valence-corrected chi connectivity index (χ1v) is 5.71. The van der Waals surface area contributed by atoms with Gasteiger partial charge in [0.25, 0.3) is 0 Å². The van der Waals surface area contributed by atoms with E-state index < -0.39 is 5.97 Å². The van der Waals surface area contributed by atoms with Crippen molar-refractivity contribution in [2.45, 2.75) is 32.7 Å². The number of nitrogens with one attached hydrogen (secondary N) is 1. The van der Waals surface area contributed by atoms with Crippen molar-refractivity contribution >= 4 is 11.9 Å². The molecule has 1 rings (SSSR count). The van der Waals surface area contributed by atoms with Crippen molar-refractivity contribution in [1.82, 2.24) is 10.2 Å². The zero-order valence-corrected chi connectivity index (χ0v) is 9.90. The van der Waals surface area contributed by atoms with Gasteiger partial charge in [-0.15, -0.1) is 0 Å². The van der Waals surface area contributed by atoms with Crippen LogP contribution in [-0.4, -0.2) is 47.6 Å². The largest absolute Gasteiger partial charge is 0.481 e. The van der Waals surface area contributed by atoms with E-state index in [9.17, 15) is 9.59 Å². The minimum absolute atomic E-state index is 0.0345. The summed E-state index contributed by atoms with van der Waals surface area (Å²) in [5, 5.41) is 11.4. The van der Waals surface area contributed by atoms with Crippen LogP contribution in [0.1, 0.15) is 26.7 Å². The fraction of sp³-hybridized carbons (Fsp3) is 0.818. The fourth-order valence-electron chi connectivity index (χ4n) is 1.99. The number of hydrogen-bond acceptors (Lipinski definition) is 3. The maximum absolute atomic E-state index is 11.3. The Labute approximate surface area is 95.8 Å². The van der Waals surface area contributed by atoms with Crippen molar-refractivity contribution in [3.05, 3.63) is 0 Å². The number of carboxylic acids is 1. The summed E-state index contributed by atoms with van der Waals surface area (Å²) in [6.07, 6.45) is 0.761. The topological polar surface area (TPSA) is 69.6 Å². The molecular weight excluding hydrogens is 208 g/mol. The molecule has 0 bridgehead atoms. The predicted octanol–water partition coefficient (Wildman–Crippen LogP) is 0.308. The van der Waals surface area contributed by atoms with Gasteiger partial charge in [-0.25, -0.2) is 0 Å². The molecule has 0 aromatic carbocycles. The Morgan fingerprint density at radius 3 is 2.88 bits per heavy atom. The summed E-state index contributed by atoms with van der Waals surface area (Å²) in [5.74, 6) is -0.258. The molecule has 0 aromatic heterocycles. The molecule has 5 heteroatoms. The lowest BCUT2D eigenvalue weighted by atomic mass is 10.1. The van der Waals surface area contributed by atoms with Gasteiger partial charge in [0.15, 0.2) is 0 Å². The molecular formula is C11H20N2O3. The number of amides is 1. The van der Waals surface area contributed by atoms with Crippen molar-refractivity contribution in [2.24, 2.45) is 5.92 Å². The molecule has 1 aliphatic rings. The molecule has 1 unspecified atom stereocenters. The van der Waals surface area contributed by atoms with Crippen LogP contribution in [0.15, 0.2) is 0 Å². The van der Waals surface area contributed by atoms with Gasteiger partial charge in [0.2, 0.25) is 5.91 Å². The third-order valence-electron chi connectivity index (χ3n) is 2.69. The molecule has 5 nitrogen and oxygen atoms in total. The summed E-state index contributed by atoms with van der Waals surface area (Å²) < 4.78 is 0. The van der Waals surface area contributed by atoms with Crippen LogP contribution < -0.4 is 5.32 Å². The van der Waals surface area contributed by atoms with E-state index in [0.717, 1.165) is 6.54 Å². The highest BCUT2D eigenvalue weighted by molar-refractivity contribution is 5.79. The van der Waals surface area contributed by atoms with Crippen molar-refractivity contribution in [3.8, 4) is 0 Å². The van der Waals surface area contributed by atoms with Crippen molar-refractivity contribution < 1.29 is 14.7 Å². The van der Waals surface area contributed by atoms with Crippen LogP contribution in [0.25, 0.3) is 0 Å². The van der Waals surface area contributed by atoms with E-state index in [0.29, 0.717) is 25.4 Å². The summed E-state index contributed by atoms with van der Waals surface area (Å²) in [5.41, 5.74) is 0. The van der Waals surface area contributed by atoms with Crippen LogP contribution in [0.5, 0.6) is 0 Å². The number of nitrogens with zero attached hydrogens (tertiary/aromatic N) is 1. The van der Waals surface area contributed by atoms with Crippen molar-refractivity contribution in [3.63, 3.8) is 0 Å². The van der Waals surface area contributed by atoms with Crippen LogP contribution in [0.2, 0.25) is 0 Å². The molecule has 1 saturated heterocycles. The first-order chi connectivity index (χ1) is 7.49. The summed E-state index contributed by atoms with van der Waals surface area (Å²) in [6.45, 7) is 6.00. The van der Waals surface area contributed by atoms with E-state index in [1.807, 2.05) is 0 Å². The number of carboxylic acid groups (broad SMARTS) is 1. The SMILES string of the molecule is CC(C)CN1CC(=O)NCC1CCC(=O)O. The fourth-order valence-corrected chi connectivity index (χ4v) is 1.99. The van der Waals surface area contributed by atoms with Crippen LogP contribution in [0.3, 0.4) is 0 Å². The maximum atomic E-state index is 11.3. The van der Waals surface area contributed by atoms with Crippen LogP contribution in [0.4, 0.5) is 0 Å². The number of aliphatic carboxylic acids is 1. The highest BCUT2D eigenvalue weighted by atomic mass is 16.4. The molecule has 1 atom stereocenters. The minimum atomic E-state index is -0.776. The normalized spacial score (nSPS) is 22.2. The summed E-state index contributed by atoms with van der Waals surface area (Å²) in [6, 6.07) is 0.163. The number of carbonyl (C=O) groups excluding carboxylic acids is 1. The second kappa shape index (κ2) is 5.84. The lowest BCUT2D eigenvalue weighted by Crippen LogP contribution is -2.55. The summed E-state index contributed by atoms with van der Waals surface area (Å²) in [4.78, 5) is 23.9. The van der Waals surface area contributed by atoms with Gasteiger partial charge >= 0.3 is 5.97 Å². The first-order valence-electron chi connectivity index (χ1n) is 5.71. The highest BCUT2D eigenvalue weighted by Crippen LogP contribution is 2.12. The number of hydrogen-bond donors (Lipinski definition) is 2. The van der Waals surface area contributed by atoms with Gasteiger partial charge < -0.3 is 10.4 Å². The average molecular weight is 228 g/mol. The molecule has 1 heterocycles. The van der Waals surface area contributed by atoms with Gasteiger partial charge in [-0.05, 0) is 12.3 Å². The van der Waals surface area contributed by atoms with E-state index >= 15 is 0 Å². The third-order valence-corrected chi connectivity index (χ3v) is 2.69. The quantitative estimate of drug-likeness (QED) is 0.710. The van der Waals surface area contributed by atoms with E-state index in [1.54, 1.807) is 0 Å². The lowest BCUT2D eigenvalue weighted by molar-refractivity contribution is -0.137. The van der Waals surface area contributed by atoms with Crippen LogP contribution >= 0.6 is 0 Å². The van der Waals surface area contributed by atoms with Gasteiger partial charge in [-0.2, -0.15) is 0 Å². The molecule has 1 aliphatic heterocycles. The maximum Gasteiger partial charge on any atom is 0.303 e. The Morgan fingerprint density at radius 2 is 2.31 bits per heavy atom. The highest BCUT2D eigenvalue weighted by Gasteiger charge is 2.26. The van der Waals surface area contributed by atoms with Crippen LogP contribution in [0, 0.1) is 5.92 Å². The first kappa shape index (κ1) is 13.0. The molecule has 0 aromatic rings. The second-order valence-electron chi connectivity index (χ2n) is 4.71. The molecule has 0 radical (unpaired) electrons. The Kier molecular flexibility index (Phi) is 4.73. The lowest BCUT2D eigenvalue weighted by Gasteiger charge is -2.36. The van der Waals surface area contributed by atoms with Gasteiger partial charge in [-0.3, -0.25) is 14.5 Å². The van der Waals surface area contributed by atoms with E-state index in [4.69, 9.17) is 5.11 Å². The van der Waals surface area contributed by atoms with Crippen molar-refractivity contribution in [1.29, 1.82) is 0 Å². The standard InChI is InChI=1S/C11H20N2O3/c1-8(2)6-13-7-10(14)12-5-9(13)3-4-11(15)16/h8-9H,3-7H2,1-2H3,(H,12,14)(H,15,16). The molecule has 2 N–H and O–H groups in total. The molecule has 16 heavy (non-hydrogen) atoms. The third kappa shape index (κ3) is 4.18. The number of piperazine rings is 1. The van der Waals surface area contributed by atoms with Gasteiger partial charge in [-0.1, -0.05) is 13.8 Å². The van der Waals surface area contributed by atoms with Gasteiger partial charge in [0.1, 0.15) is 0 Å². The van der Waals surface area contributed by atoms with E-state index in [-0.39, 0.29) is 18.4 Å². The van der Waals surface area contributed by atoms with E-state index in [2.05, 4.69) is 24.1 Å². The zero-order valence-electron chi connectivity index (χ0n) is 9.90. The predicted molar refractivity (Wildman–Crippen MR) is 60.1 cm³/mol. The van der Waals surface area contributed by atoms with Crippen LogP contribution in [-0.2, 0) is 9.59 Å². The number of carbonyl (C=O) groups is 2. The Balaban J connectivity index is 2.50. The molecule has 1 fully saturated rings. The second-order valence-corrected chi connectivity index (χ2v) is 4.71. The molecule has 1 amide bonds. The van der Waals surface area contributed by atoms with Gasteiger partial charge in [0, 0.05) is 25.6 Å². The van der Waals surface area contributed by atoms with E-state index in [1.165, 1.54) is 0 Å². The Bertz CT molecular complexity index is 266. The molecule has 0 spiro atoms.